The van der Waals surface area contributed by atoms with E-state index in [1.54, 1.807) is 11.0 Å². The molecule has 2 unspecified atom stereocenters. The Morgan fingerprint density at radius 2 is 2.00 bits per heavy atom. The summed E-state index contributed by atoms with van der Waals surface area (Å²) in [6.45, 7) is 1.16. The molecule has 0 aliphatic heterocycles. The van der Waals surface area contributed by atoms with Crippen LogP contribution in [0, 0.1) is 0 Å². The van der Waals surface area contributed by atoms with Gasteiger partial charge in [0.05, 0.1) is 6.61 Å². The molecule has 0 heterocycles. The predicted molar refractivity (Wildman–Crippen MR) is 51.9 cm³/mol. The summed E-state index contributed by atoms with van der Waals surface area (Å²) in [6, 6.07) is -0.728. The molecule has 4 nitrogen and oxygen atoms in total. The fourth-order valence-corrected chi connectivity index (χ4v) is 2.32. The summed E-state index contributed by atoms with van der Waals surface area (Å²) in [4.78, 5) is 0. The van der Waals surface area contributed by atoms with Gasteiger partial charge in [0.1, 0.15) is 0 Å². The van der Waals surface area contributed by atoms with Crippen molar-refractivity contribution in [1.82, 2.24) is 4.72 Å². The van der Waals surface area contributed by atoms with Gasteiger partial charge in [0.25, 0.3) is 10.0 Å². The van der Waals surface area contributed by atoms with E-state index >= 15 is 0 Å². The van der Waals surface area contributed by atoms with Crippen LogP contribution in [0.1, 0.15) is 6.92 Å². The third-order valence-electron chi connectivity index (χ3n) is 1.63. The van der Waals surface area contributed by atoms with Crippen molar-refractivity contribution >= 4 is 21.8 Å². The summed E-state index contributed by atoms with van der Waals surface area (Å²) >= 11 is 1.21. The number of halogens is 2. The summed E-state index contributed by atoms with van der Waals surface area (Å²) in [5, 5.41) is 8.36. The van der Waals surface area contributed by atoms with Gasteiger partial charge < -0.3 is 5.11 Å². The highest BCUT2D eigenvalue weighted by Gasteiger charge is 2.28. The molecule has 0 fully saturated rings. The van der Waals surface area contributed by atoms with E-state index in [1.807, 2.05) is 0 Å². The molecule has 8 heteroatoms. The zero-order valence-electron chi connectivity index (χ0n) is 7.78. The number of alkyl halides is 2. The second-order valence-electron chi connectivity index (χ2n) is 2.67. The van der Waals surface area contributed by atoms with Gasteiger partial charge in [0.2, 0.25) is 0 Å². The van der Waals surface area contributed by atoms with Crippen LogP contribution in [0.3, 0.4) is 0 Å². The van der Waals surface area contributed by atoms with E-state index in [0.717, 1.165) is 0 Å². The van der Waals surface area contributed by atoms with Crippen LogP contribution < -0.4 is 4.72 Å². The van der Waals surface area contributed by atoms with E-state index in [-0.39, 0.29) is 6.61 Å². The Morgan fingerprint density at radius 3 is 2.29 bits per heavy atom. The normalized spacial score (nSPS) is 17.0. The molecule has 14 heavy (non-hydrogen) atoms. The molecule has 0 aliphatic carbocycles. The maximum absolute atomic E-state index is 11.9. The van der Waals surface area contributed by atoms with E-state index < -0.39 is 27.1 Å². The van der Waals surface area contributed by atoms with Crippen molar-refractivity contribution in [2.75, 3.05) is 12.9 Å². The molecule has 0 saturated heterocycles. The summed E-state index contributed by atoms with van der Waals surface area (Å²) in [7, 11) is -4.57. The number of thioether (sulfide) groups is 1. The number of aliphatic hydroxyl groups excluding tert-OH is 1. The van der Waals surface area contributed by atoms with Crippen molar-refractivity contribution in [1.29, 1.82) is 0 Å². The summed E-state index contributed by atoms with van der Waals surface area (Å²) < 4.78 is 47.1. The summed E-state index contributed by atoms with van der Waals surface area (Å²) in [6.07, 6.45) is 1.66. The Labute approximate surface area is 86.1 Å². The van der Waals surface area contributed by atoms with E-state index in [1.165, 1.54) is 18.7 Å². The Morgan fingerprint density at radius 1 is 1.50 bits per heavy atom. The van der Waals surface area contributed by atoms with Crippen LogP contribution in [-0.2, 0) is 10.0 Å². The van der Waals surface area contributed by atoms with Crippen LogP contribution in [0.25, 0.3) is 0 Å². The van der Waals surface area contributed by atoms with Gasteiger partial charge >= 0.3 is 5.76 Å². The fourth-order valence-electron chi connectivity index (χ4n) is 0.823. The minimum absolute atomic E-state index is 0.270. The van der Waals surface area contributed by atoms with Crippen LogP contribution in [0.2, 0.25) is 0 Å². The van der Waals surface area contributed by atoms with E-state index in [4.69, 9.17) is 5.11 Å². The van der Waals surface area contributed by atoms with Gasteiger partial charge in [-0.2, -0.15) is 20.5 Å². The molecule has 2 atom stereocenters. The molecule has 0 amide bonds. The van der Waals surface area contributed by atoms with Crippen molar-refractivity contribution in [2.24, 2.45) is 0 Å². The molecule has 0 aromatic heterocycles. The first-order valence-corrected chi connectivity index (χ1v) is 6.61. The van der Waals surface area contributed by atoms with E-state index in [0.29, 0.717) is 0 Å². The zero-order chi connectivity index (χ0) is 11.4. The van der Waals surface area contributed by atoms with Gasteiger partial charge in [-0.3, -0.25) is 0 Å². The fraction of sp³-hybridized carbons (Fsp3) is 1.00. The molecule has 0 bridgehead atoms. The molecule has 2 N–H and O–H groups in total. The molecular formula is C6H13F2NO3S2. The zero-order valence-corrected chi connectivity index (χ0v) is 9.41. The number of nitrogens with one attached hydrogen (secondary N) is 1. The smallest absolute Gasteiger partial charge is 0.350 e. The lowest BCUT2D eigenvalue weighted by atomic mass is 10.3. The van der Waals surface area contributed by atoms with Crippen LogP contribution in [0.4, 0.5) is 8.78 Å². The molecule has 0 aliphatic rings. The van der Waals surface area contributed by atoms with Gasteiger partial charge in [-0.15, -0.1) is 0 Å². The maximum Gasteiger partial charge on any atom is 0.350 e. The average molecular weight is 249 g/mol. The summed E-state index contributed by atoms with van der Waals surface area (Å²) in [5.74, 6) is -3.44. The average Bonchev–Trinajstić information content (AvgIpc) is 2.05. The first-order valence-electron chi connectivity index (χ1n) is 3.78. The molecular weight excluding hydrogens is 236 g/mol. The van der Waals surface area contributed by atoms with Gasteiger partial charge in [0.15, 0.2) is 0 Å². The van der Waals surface area contributed by atoms with Crippen molar-refractivity contribution in [2.45, 2.75) is 24.0 Å². The monoisotopic (exact) mass is 249 g/mol. The minimum Gasteiger partial charge on any atom is -0.395 e. The Balaban J connectivity index is 4.38. The maximum atomic E-state index is 11.9. The number of sulfonamides is 1. The van der Waals surface area contributed by atoms with Crippen molar-refractivity contribution in [3.05, 3.63) is 0 Å². The van der Waals surface area contributed by atoms with Crippen LogP contribution in [0.5, 0.6) is 0 Å². The number of aliphatic hydroxyl groups is 1. The number of hydrogen-bond donors (Lipinski definition) is 2. The minimum atomic E-state index is -4.57. The van der Waals surface area contributed by atoms with E-state index in [9.17, 15) is 17.2 Å². The number of rotatable bonds is 6. The molecule has 0 radical (unpaired) electrons. The molecule has 0 aromatic rings. The Bertz CT molecular complexity index is 254. The highest BCUT2D eigenvalue weighted by molar-refractivity contribution is 7.99. The second-order valence-corrected chi connectivity index (χ2v) is 5.43. The molecule has 0 saturated carbocycles. The molecule has 0 spiro atoms. The quantitative estimate of drug-likeness (QED) is 0.707. The first-order chi connectivity index (χ1) is 6.35. The topological polar surface area (TPSA) is 66.4 Å². The second kappa shape index (κ2) is 5.84. The molecule has 86 valence electrons. The number of hydrogen-bond acceptors (Lipinski definition) is 4. The van der Waals surface area contributed by atoms with Crippen molar-refractivity contribution < 1.29 is 22.3 Å². The first kappa shape index (κ1) is 14.1. The lowest BCUT2D eigenvalue weighted by Crippen LogP contribution is -2.43. The highest BCUT2D eigenvalue weighted by Crippen LogP contribution is 2.12. The predicted octanol–water partition coefficient (Wildman–Crippen LogP) is 0.241. The van der Waals surface area contributed by atoms with E-state index in [2.05, 4.69) is 0 Å². The lowest BCUT2D eigenvalue weighted by Gasteiger charge is -2.20. The van der Waals surface area contributed by atoms with Gasteiger partial charge in [0, 0.05) is 11.3 Å². The molecule has 0 rings (SSSR count). The third kappa shape index (κ3) is 4.07. The van der Waals surface area contributed by atoms with Crippen molar-refractivity contribution in [3.63, 3.8) is 0 Å². The SMILES string of the molecule is CSC(CO)C(C)NS(=O)(=O)C(F)F. The van der Waals surface area contributed by atoms with Crippen molar-refractivity contribution in [3.8, 4) is 0 Å². The summed E-state index contributed by atoms with van der Waals surface area (Å²) in [5.41, 5.74) is 0. The lowest BCUT2D eigenvalue weighted by molar-refractivity contribution is 0.230. The third-order valence-corrected chi connectivity index (χ3v) is 3.96. The van der Waals surface area contributed by atoms with Crippen LogP contribution in [-0.4, -0.2) is 43.4 Å². The van der Waals surface area contributed by atoms with Gasteiger partial charge in [-0.1, -0.05) is 0 Å². The van der Waals surface area contributed by atoms with Crippen LogP contribution in [0.15, 0.2) is 0 Å². The Kier molecular flexibility index (Phi) is 5.87. The molecule has 0 aromatic carbocycles. The van der Waals surface area contributed by atoms with Crippen LogP contribution >= 0.6 is 11.8 Å². The van der Waals surface area contributed by atoms with Gasteiger partial charge in [-0.05, 0) is 13.2 Å². The largest absolute Gasteiger partial charge is 0.395 e. The standard InChI is InChI=1S/C6H13F2NO3S2/c1-4(5(3-10)13-2)9-14(11,12)6(7)8/h4-6,9-10H,3H2,1-2H3. The Hall–Kier alpha value is 0.0800. The van der Waals surface area contributed by atoms with Gasteiger partial charge in [-0.25, -0.2) is 13.1 Å². The highest BCUT2D eigenvalue weighted by atomic mass is 32.2.